The SMILES string of the molecule is CCc1cccc(C)c1NC(=O)c1cc2c(s1)CC[C@@H](CC)C2. The van der Waals surface area contributed by atoms with Crippen LogP contribution in [0.25, 0.3) is 0 Å². The topological polar surface area (TPSA) is 29.1 Å². The summed E-state index contributed by atoms with van der Waals surface area (Å²) >= 11 is 1.68. The fraction of sp³-hybridized carbons (Fsp3) is 0.450. The molecule has 0 fully saturated rings. The summed E-state index contributed by atoms with van der Waals surface area (Å²) in [5, 5.41) is 3.15. The van der Waals surface area contributed by atoms with Gasteiger partial charge in [0.05, 0.1) is 4.88 Å². The quantitative estimate of drug-likeness (QED) is 0.802. The first-order valence-corrected chi connectivity index (χ1v) is 9.45. The van der Waals surface area contributed by atoms with Crippen LogP contribution in [0, 0.1) is 12.8 Å². The molecule has 0 unspecified atom stereocenters. The van der Waals surface area contributed by atoms with E-state index in [1.54, 1.807) is 11.3 Å². The van der Waals surface area contributed by atoms with Crippen LogP contribution >= 0.6 is 11.3 Å². The highest BCUT2D eigenvalue weighted by Gasteiger charge is 2.22. The van der Waals surface area contributed by atoms with Gasteiger partial charge in [0.15, 0.2) is 0 Å². The Morgan fingerprint density at radius 2 is 2.17 bits per heavy atom. The smallest absolute Gasteiger partial charge is 0.265 e. The Labute approximate surface area is 142 Å². The Bertz CT molecular complexity index is 716. The van der Waals surface area contributed by atoms with Gasteiger partial charge in [-0.1, -0.05) is 38.5 Å². The molecule has 1 aromatic carbocycles. The molecule has 1 aliphatic rings. The van der Waals surface area contributed by atoms with E-state index in [0.29, 0.717) is 0 Å². The number of carbonyl (C=O) groups is 1. The maximum atomic E-state index is 12.7. The van der Waals surface area contributed by atoms with Gasteiger partial charge in [-0.2, -0.15) is 0 Å². The van der Waals surface area contributed by atoms with Gasteiger partial charge in [0.1, 0.15) is 0 Å². The van der Waals surface area contributed by atoms with Crippen molar-refractivity contribution >= 4 is 22.9 Å². The molecule has 2 nitrogen and oxygen atoms in total. The number of thiophene rings is 1. The summed E-state index contributed by atoms with van der Waals surface area (Å²) in [4.78, 5) is 15.0. The van der Waals surface area contributed by atoms with Gasteiger partial charge in [-0.25, -0.2) is 0 Å². The summed E-state index contributed by atoms with van der Waals surface area (Å²) < 4.78 is 0. The maximum Gasteiger partial charge on any atom is 0.265 e. The van der Waals surface area contributed by atoms with E-state index in [2.05, 4.69) is 50.4 Å². The average molecular weight is 327 g/mol. The van der Waals surface area contributed by atoms with Crippen molar-refractivity contribution in [1.82, 2.24) is 0 Å². The molecule has 0 saturated carbocycles. The molecule has 3 rings (SSSR count). The first kappa shape index (κ1) is 16.3. The Morgan fingerprint density at radius 1 is 1.35 bits per heavy atom. The van der Waals surface area contributed by atoms with Crippen LogP contribution in [0.4, 0.5) is 5.69 Å². The van der Waals surface area contributed by atoms with E-state index in [1.165, 1.54) is 28.8 Å². The summed E-state index contributed by atoms with van der Waals surface area (Å²) in [7, 11) is 0. The molecule has 0 bridgehead atoms. The summed E-state index contributed by atoms with van der Waals surface area (Å²) in [6.07, 6.45) is 5.70. The second-order valence-electron chi connectivity index (χ2n) is 6.49. The van der Waals surface area contributed by atoms with Gasteiger partial charge in [0.2, 0.25) is 0 Å². The molecule has 0 saturated heterocycles. The summed E-state index contributed by atoms with van der Waals surface area (Å²) in [6, 6.07) is 8.33. The normalized spacial score (nSPS) is 16.9. The lowest BCUT2D eigenvalue weighted by Crippen LogP contribution is -2.13. The van der Waals surface area contributed by atoms with Crippen LogP contribution in [0.15, 0.2) is 24.3 Å². The lowest BCUT2D eigenvalue weighted by atomic mass is 9.87. The zero-order valence-electron chi connectivity index (χ0n) is 14.2. The van der Waals surface area contributed by atoms with Crippen molar-refractivity contribution in [2.75, 3.05) is 5.32 Å². The molecule has 1 amide bonds. The van der Waals surface area contributed by atoms with Gasteiger partial charge in [-0.3, -0.25) is 4.79 Å². The maximum absolute atomic E-state index is 12.7. The van der Waals surface area contributed by atoms with Crippen LogP contribution in [-0.4, -0.2) is 5.91 Å². The van der Waals surface area contributed by atoms with Crippen LogP contribution in [0.3, 0.4) is 0 Å². The Balaban J connectivity index is 1.81. The van der Waals surface area contributed by atoms with Crippen LogP contribution in [-0.2, 0) is 19.3 Å². The minimum Gasteiger partial charge on any atom is -0.321 e. The molecule has 1 heterocycles. The van der Waals surface area contributed by atoms with Crippen molar-refractivity contribution in [3.05, 3.63) is 50.7 Å². The van der Waals surface area contributed by atoms with Crippen molar-refractivity contribution in [2.45, 2.75) is 52.9 Å². The molecule has 1 aromatic heterocycles. The minimum atomic E-state index is 0.0430. The number of anilines is 1. The number of hydrogen-bond donors (Lipinski definition) is 1. The molecular formula is C20H25NOS. The van der Waals surface area contributed by atoms with Gasteiger partial charge < -0.3 is 5.32 Å². The van der Waals surface area contributed by atoms with Crippen LogP contribution in [0.1, 0.15) is 57.9 Å². The zero-order valence-corrected chi connectivity index (χ0v) is 15.1. The average Bonchev–Trinajstić information content (AvgIpc) is 2.99. The number of fused-ring (bicyclic) bond motifs is 1. The molecule has 3 heteroatoms. The second kappa shape index (κ2) is 6.88. The van der Waals surface area contributed by atoms with E-state index in [9.17, 15) is 4.79 Å². The predicted octanol–water partition coefficient (Wildman–Crippen LogP) is 5.39. The minimum absolute atomic E-state index is 0.0430. The monoisotopic (exact) mass is 327 g/mol. The van der Waals surface area contributed by atoms with Crippen LogP contribution in [0.5, 0.6) is 0 Å². The third-order valence-electron chi connectivity index (χ3n) is 4.96. The number of rotatable bonds is 4. The lowest BCUT2D eigenvalue weighted by Gasteiger charge is -2.19. The van der Waals surface area contributed by atoms with Crippen molar-refractivity contribution in [1.29, 1.82) is 0 Å². The Morgan fingerprint density at radius 3 is 2.91 bits per heavy atom. The fourth-order valence-corrected chi connectivity index (χ4v) is 4.54. The molecule has 0 aliphatic heterocycles. The van der Waals surface area contributed by atoms with E-state index < -0.39 is 0 Å². The molecule has 122 valence electrons. The molecular weight excluding hydrogens is 302 g/mol. The summed E-state index contributed by atoms with van der Waals surface area (Å²) in [6.45, 7) is 6.44. The highest BCUT2D eigenvalue weighted by molar-refractivity contribution is 7.14. The van der Waals surface area contributed by atoms with Gasteiger partial charge in [0.25, 0.3) is 5.91 Å². The first-order chi connectivity index (χ1) is 11.1. The van der Waals surface area contributed by atoms with Gasteiger partial charge in [0, 0.05) is 10.6 Å². The zero-order chi connectivity index (χ0) is 16.4. The highest BCUT2D eigenvalue weighted by Crippen LogP contribution is 2.34. The van der Waals surface area contributed by atoms with Crippen molar-refractivity contribution in [3.63, 3.8) is 0 Å². The Hall–Kier alpha value is -1.61. The molecule has 0 spiro atoms. The molecule has 1 aliphatic carbocycles. The third-order valence-corrected chi connectivity index (χ3v) is 6.20. The molecule has 1 atom stereocenters. The van der Waals surface area contributed by atoms with Crippen LogP contribution in [0.2, 0.25) is 0 Å². The number of benzene rings is 1. The summed E-state index contributed by atoms with van der Waals surface area (Å²) in [5.41, 5.74) is 4.72. The molecule has 2 aromatic rings. The number of aryl methyl sites for hydroxylation is 3. The van der Waals surface area contributed by atoms with Gasteiger partial charge in [-0.05, 0) is 61.3 Å². The van der Waals surface area contributed by atoms with Gasteiger partial charge >= 0.3 is 0 Å². The van der Waals surface area contributed by atoms with Gasteiger partial charge in [-0.15, -0.1) is 11.3 Å². The number of carbonyl (C=O) groups excluding carboxylic acids is 1. The number of amides is 1. The van der Waals surface area contributed by atoms with Crippen molar-refractivity contribution in [3.8, 4) is 0 Å². The highest BCUT2D eigenvalue weighted by atomic mass is 32.1. The number of para-hydroxylation sites is 1. The van der Waals surface area contributed by atoms with Crippen LogP contribution < -0.4 is 5.32 Å². The number of hydrogen-bond acceptors (Lipinski definition) is 2. The second-order valence-corrected chi connectivity index (χ2v) is 7.63. The lowest BCUT2D eigenvalue weighted by molar-refractivity contribution is 0.103. The largest absolute Gasteiger partial charge is 0.321 e. The Kier molecular flexibility index (Phi) is 4.86. The standard InChI is InChI=1S/C20H25NOS/c1-4-14-9-10-17-16(11-14)12-18(23-17)20(22)21-19-13(3)7-6-8-15(19)5-2/h6-8,12,14H,4-5,9-11H2,1-3H3,(H,21,22)/t14-/m1/s1. The molecule has 1 N–H and O–H groups in total. The van der Waals surface area contributed by atoms with Crippen molar-refractivity contribution in [2.24, 2.45) is 5.92 Å². The van der Waals surface area contributed by atoms with E-state index in [0.717, 1.165) is 41.3 Å². The first-order valence-electron chi connectivity index (χ1n) is 8.63. The fourth-order valence-electron chi connectivity index (χ4n) is 3.44. The van der Waals surface area contributed by atoms with E-state index in [-0.39, 0.29) is 5.91 Å². The van der Waals surface area contributed by atoms with E-state index in [1.807, 2.05) is 0 Å². The van der Waals surface area contributed by atoms with E-state index >= 15 is 0 Å². The van der Waals surface area contributed by atoms with Crippen molar-refractivity contribution < 1.29 is 4.79 Å². The number of nitrogens with one attached hydrogen (secondary N) is 1. The molecule has 0 radical (unpaired) electrons. The van der Waals surface area contributed by atoms with E-state index in [4.69, 9.17) is 0 Å². The summed E-state index contributed by atoms with van der Waals surface area (Å²) in [5.74, 6) is 0.831. The predicted molar refractivity (Wildman–Crippen MR) is 98.6 cm³/mol. The molecule has 23 heavy (non-hydrogen) atoms. The third kappa shape index (κ3) is 3.35.